The Kier molecular flexibility index (Phi) is 7.42. The number of hydrogen-bond donors (Lipinski definition) is 2. The molecule has 2 aromatic carbocycles. The molecule has 1 saturated carbocycles. The molecule has 1 aliphatic rings. The van der Waals surface area contributed by atoms with Crippen LogP contribution >= 0.6 is 0 Å². The molecule has 0 amide bonds. The van der Waals surface area contributed by atoms with Gasteiger partial charge in [-0.25, -0.2) is 9.18 Å². The molecule has 2 N–H and O–H groups in total. The molecule has 38 heavy (non-hydrogen) atoms. The van der Waals surface area contributed by atoms with Crippen molar-refractivity contribution in [1.82, 2.24) is 4.98 Å². The van der Waals surface area contributed by atoms with E-state index in [1.807, 2.05) is 4.72 Å². The number of sulfonamides is 1. The number of anilines is 1. The Hall–Kier alpha value is -3.61. The summed E-state index contributed by atoms with van der Waals surface area (Å²) in [7, 11) is -3.48. The quantitative estimate of drug-likeness (QED) is 0.328. The van der Waals surface area contributed by atoms with Crippen LogP contribution in [0.3, 0.4) is 0 Å². The highest BCUT2D eigenvalue weighted by molar-refractivity contribution is 7.92. The van der Waals surface area contributed by atoms with Crippen molar-refractivity contribution < 1.29 is 45.0 Å². The van der Waals surface area contributed by atoms with E-state index in [1.165, 1.54) is 6.07 Å². The molecule has 0 saturated heterocycles. The van der Waals surface area contributed by atoms with Gasteiger partial charge in [-0.15, -0.1) is 0 Å². The first-order valence-electron chi connectivity index (χ1n) is 11.6. The molecule has 1 aromatic heterocycles. The number of alkyl halides is 3. The van der Waals surface area contributed by atoms with Gasteiger partial charge >= 0.3 is 12.1 Å². The maximum atomic E-state index is 14.2. The SMILES string of the molecule is COc1cc(C(=O)O)c(F)cc1NS(=O)(=O)c1coc(-c2ccc(C3CCC(C)CC3)cc2C(F)(F)F)n1. The fraction of sp³-hybridized carbons (Fsp3) is 0.360. The third-order valence-electron chi connectivity index (χ3n) is 6.59. The van der Waals surface area contributed by atoms with Gasteiger partial charge in [-0.1, -0.05) is 25.8 Å². The summed E-state index contributed by atoms with van der Waals surface area (Å²) >= 11 is 0. The fourth-order valence-corrected chi connectivity index (χ4v) is 5.43. The van der Waals surface area contributed by atoms with E-state index in [9.17, 15) is 30.8 Å². The maximum absolute atomic E-state index is 14.2. The normalized spacial score (nSPS) is 18.3. The summed E-state index contributed by atoms with van der Waals surface area (Å²) in [4.78, 5) is 14.9. The summed E-state index contributed by atoms with van der Waals surface area (Å²) in [5.74, 6) is -3.18. The second-order valence-electron chi connectivity index (χ2n) is 9.19. The Morgan fingerprint density at radius 2 is 1.84 bits per heavy atom. The lowest BCUT2D eigenvalue weighted by atomic mass is 9.79. The smallest absolute Gasteiger partial charge is 0.417 e. The zero-order chi connectivity index (χ0) is 27.8. The highest BCUT2D eigenvalue weighted by Crippen LogP contribution is 2.42. The Bertz CT molecular complexity index is 1460. The molecule has 3 aromatic rings. The number of ether oxygens (including phenoxy) is 1. The zero-order valence-corrected chi connectivity index (χ0v) is 21.1. The Labute approximate surface area is 215 Å². The maximum Gasteiger partial charge on any atom is 0.417 e. The molecule has 1 fully saturated rings. The highest BCUT2D eigenvalue weighted by Gasteiger charge is 2.36. The number of carboxylic acids is 1. The molecule has 4 rings (SSSR count). The lowest BCUT2D eigenvalue weighted by Gasteiger charge is -2.27. The van der Waals surface area contributed by atoms with E-state index < -0.39 is 61.3 Å². The third-order valence-corrected chi connectivity index (χ3v) is 7.82. The zero-order valence-electron chi connectivity index (χ0n) is 20.3. The van der Waals surface area contributed by atoms with Gasteiger partial charge in [-0.05, 0) is 48.4 Å². The van der Waals surface area contributed by atoms with Gasteiger partial charge in [-0.3, -0.25) is 4.72 Å². The number of nitrogens with one attached hydrogen (secondary N) is 1. The number of hydrogen-bond acceptors (Lipinski definition) is 6. The minimum absolute atomic E-state index is 0.00561. The molecule has 204 valence electrons. The molecular formula is C25H24F4N2O6S. The van der Waals surface area contributed by atoms with Crippen molar-refractivity contribution in [3.8, 4) is 17.2 Å². The number of aromatic nitrogens is 1. The molecule has 0 spiro atoms. The molecule has 1 heterocycles. The van der Waals surface area contributed by atoms with Crippen LogP contribution in [0.4, 0.5) is 23.2 Å². The predicted octanol–water partition coefficient (Wildman–Crippen LogP) is 6.30. The van der Waals surface area contributed by atoms with Crippen LogP contribution in [-0.2, 0) is 16.2 Å². The van der Waals surface area contributed by atoms with Gasteiger partial charge in [0.15, 0.2) is 0 Å². The van der Waals surface area contributed by atoms with Crippen LogP contribution in [0, 0.1) is 11.7 Å². The van der Waals surface area contributed by atoms with E-state index in [0.29, 0.717) is 23.8 Å². The van der Waals surface area contributed by atoms with Crippen molar-refractivity contribution in [3.63, 3.8) is 0 Å². The first-order valence-corrected chi connectivity index (χ1v) is 13.1. The van der Waals surface area contributed by atoms with Crippen molar-refractivity contribution in [1.29, 1.82) is 0 Å². The lowest BCUT2D eigenvalue weighted by Crippen LogP contribution is -2.15. The Balaban J connectivity index is 1.66. The summed E-state index contributed by atoms with van der Waals surface area (Å²) in [6, 6.07) is 5.24. The number of carboxylic acid groups (broad SMARTS) is 1. The van der Waals surface area contributed by atoms with Crippen LogP contribution in [0.25, 0.3) is 11.5 Å². The van der Waals surface area contributed by atoms with Gasteiger partial charge in [0.25, 0.3) is 10.0 Å². The Morgan fingerprint density at radius 1 is 1.16 bits per heavy atom. The Morgan fingerprint density at radius 3 is 2.45 bits per heavy atom. The van der Waals surface area contributed by atoms with E-state index >= 15 is 0 Å². The summed E-state index contributed by atoms with van der Waals surface area (Å²) in [5.41, 5.74) is -2.07. The van der Waals surface area contributed by atoms with E-state index in [-0.39, 0.29) is 11.7 Å². The van der Waals surface area contributed by atoms with Crippen LogP contribution in [-0.4, -0.2) is 31.6 Å². The van der Waals surface area contributed by atoms with E-state index in [2.05, 4.69) is 11.9 Å². The molecule has 0 radical (unpaired) electrons. The van der Waals surface area contributed by atoms with Gasteiger partial charge in [0, 0.05) is 11.6 Å². The van der Waals surface area contributed by atoms with E-state index in [0.717, 1.165) is 44.9 Å². The standard InChI is InChI=1S/C25H24F4N2O6S/c1-13-3-5-14(6-4-13)15-7-8-16(18(9-15)25(27,28)29)23-30-22(12-37-23)38(34,35)31-20-11-19(26)17(24(32)33)10-21(20)36-2/h7-14,31H,3-6H2,1-2H3,(H,32,33). The molecule has 8 nitrogen and oxygen atoms in total. The number of rotatable bonds is 7. The van der Waals surface area contributed by atoms with E-state index in [1.54, 1.807) is 6.07 Å². The molecule has 0 aliphatic heterocycles. The summed E-state index contributed by atoms with van der Waals surface area (Å²) in [5, 5.41) is 8.27. The van der Waals surface area contributed by atoms with Gasteiger partial charge in [-0.2, -0.15) is 26.6 Å². The highest BCUT2D eigenvalue weighted by atomic mass is 32.2. The van der Waals surface area contributed by atoms with Crippen LogP contribution in [0.15, 0.2) is 46.0 Å². The van der Waals surface area contributed by atoms with Gasteiger partial charge in [0.1, 0.15) is 17.8 Å². The number of methoxy groups -OCH3 is 1. The van der Waals surface area contributed by atoms with Crippen molar-refractivity contribution in [2.24, 2.45) is 5.92 Å². The average molecular weight is 557 g/mol. The number of nitrogens with zero attached hydrogens (tertiary/aromatic N) is 1. The molecular weight excluding hydrogens is 532 g/mol. The summed E-state index contributed by atoms with van der Waals surface area (Å²) < 4.78 is 93.9. The van der Waals surface area contributed by atoms with Crippen molar-refractivity contribution in [2.75, 3.05) is 11.8 Å². The van der Waals surface area contributed by atoms with Crippen molar-refractivity contribution in [3.05, 3.63) is 59.1 Å². The molecule has 1 aliphatic carbocycles. The minimum Gasteiger partial charge on any atom is -0.495 e. The van der Waals surface area contributed by atoms with Crippen molar-refractivity contribution in [2.45, 2.75) is 49.7 Å². The largest absolute Gasteiger partial charge is 0.495 e. The van der Waals surface area contributed by atoms with Crippen LogP contribution < -0.4 is 9.46 Å². The average Bonchev–Trinajstić information content (AvgIpc) is 3.35. The van der Waals surface area contributed by atoms with Crippen LogP contribution in [0.2, 0.25) is 0 Å². The molecule has 0 bridgehead atoms. The fourth-order valence-electron chi connectivity index (χ4n) is 4.50. The van der Waals surface area contributed by atoms with Crippen molar-refractivity contribution >= 4 is 21.7 Å². The number of oxazole rings is 1. The van der Waals surface area contributed by atoms with E-state index in [4.69, 9.17) is 14.3 Å². The molecule has 0 atom stereocenters. The first kappa shape index (κ1) is 27.4. The second-order valence-corrected chi connectivity index (χ2v) is 10.8. The summed E-state index contributed by atoms with van der Waals surface area (Å²) in [6.45, 7) is 2.11. The lowest BCUT2D eigenvalue weighted by molar-refractivity contribution is -0.137. The van der Waals surface area contributed by atoms with Crippen LogP contribution in [0.5, 0.6) is 5.75 Å². The van der Waals surface area contributed by atoms with Gasteiger partial charge in [0.2, 0.25) is 10.9 Å². The number of benzene rings is 2. The number of carbonyl (C=O) groups is 1. The monoisotopic (exact) mass is 556 g/mol. The third kappa shape index (κ3) is 5.62. The first-order chi connectivity index (χ1) is 17.8. The second kappa shape index (κ2) is 10.3. The molecule has 13 heteroatoms. The topological polar surface area (TPSA) is 119 Å². The number of halogens is 4. The van der Waals surface area contributed by atoms with Gasteiger partial charge in [0.05, 0.1) is 23.9 Å². The van der Waals surface area contributed by atoms with Gasteiger partial charge < -0.3 is 14.3 Å². The summed E-state index contributed by atoms with van der Waals surface area (Å²) in [6.07, 6.45) is -0.686. The molecule has 0 unspecified atom stereocenters. The predicted molar refractivity (Wildman–Crippen MR) is 128 cm³/mol. The van der Waals surface area contributed by atoms with Crippen LogP contribution in [0.1, 0.15) is 60.0 Å². The number of aromatic carboxylic acids is 1. The minimum atomic E-state index is -4.75.